The lowest BCUT2D eigenvalue weighted by molar-refractivity contribution is -0.144. The van der Waals surface area contributed by atoms with E-state index in [2.05, 4.69) is 13.8 Å². The van der Waals surface area contributed by atoms with Gasteiger partial charge in [0.1, 0.15) is 11.2 Å². The van der Waals surface area contributed by atoms with Crippen molar-refractivity contribution in [1.29, 1.82) is 0 Å². The molecule has 0 aromatic rings. The van der Waals surface area contributed by atoms with Gasteiger partial charge in [0.15, 0.2) is 0 Å². The number of carbonyl (C=O) groups is 2. The molecule has 0 aromatic heterocycles. The molecule has 0 aliphatic carbocycles. The Kier molecular flexibility index (Phi) is 11.2. The number of hydrogen-bond donors (Lipinski definition) is 1. The van der Waals surface area contributed by atoms with Crippen molar-refractivity contribution < 1.29 is 9.59 Å². The standard InChI is InChI=1S/C19H37NO2/c1-5-7-9-11-12-14-17(21)19(16(3)4,18(20)22)15-13-10-8-6-2/h16H,5-15H2,1-4H3,(H2,20,22). The highest BCUT2D eigenvalue weighted by atomic mass is 16.2. The third kappa shape index (κ3) is 6.50. The van der Waals surface area contributed by atoms with E-state index in [1.807, 2.05) is 13.8 Å². The molecule has 0 heterocycles. The van der Waals surface area contributed by atoms with Crippen molar-refractivity contribution in [1.82, 2.24) is 0 Å². The molecule has 1 atom stereocenters. The molecule has 0 bridgehead atoms. The molecular weight excluding hydrogens is 274 g/mol. The fourth-order valence-electron chi connectivity index (χ4n) is 3.24. The van der Waals surface area contributed by atoms with Gasteiger partial charge in [-0.05, 0) is 18.8 Å². The van der Waals surface area contributed by atoms with Crippen LogP contribution in [0.5, 0.6) is 0 Å². The van der Waals surface area contributed by atoms with Crippen LogP contribution in [0.15, 0.2) is 0 Å². The van der Waals surface area contributed by atoms with Crippen molar-refractivity contribution in [2.24, 2.45) is 17.1 Å². The highest BCUT2D eigenvalue weighted by molar-refractivity contribution is 6.05. The number of hydrogen-bond acceptors (Lipinski definition) is 2. The van der Waals surface area contributed by atoms with Crippen LogP contribution in [0.1, 0.15) is 98.3 Å². The first-order chi connectivity index (χ1) is 10.4. The minimum Gasteiger partial charge on any atom is -0.369 e. The first-order valence-electron chi connectivity index (χ1n) is 9.26. The zero-order valence-electron chi connectivity index (χ0n) is 15.2. The summed E-state index contributed by atoms with van der Waals surface area (Å²) < 4.78 is 0. The summed E-state index contributed by atoms with van der Waals surface area (Å²) in [6, 6.07) is 0. The summed E-state index contributed by atoms with van der Waals surface area (Å²) in [4.78, 5) is 24.8. The minimum atomic E-state index is -0.946. The van der Waals surface area contributed by atoms with Crippen molar-refractivity contribution in [2.45, 2.75) is 98.3 Å². The van der Waals surface area contributed by atoms with E-state index in [-0.39, 0.29) is 11.7 Å². The normalized spacial score (nSPS) is 14.0. The van der Waals surface area contributed by atoms with Crippen LogP contribution in [0.2, 0.25) is 0 Å². The van der Waals surface area contributed by atoms with Gasteiger partial charge in [0.2, 0.25) is 5.91 Å². The number of ketones is 1. The number of Topliss-reactive ketones (excluding diaryl/α,β-unsaturated/α-hetero) is 1. The molecule has 3 nitrogen and oxygen atoms in total. The van der Waals surface area contributed by atoms with Crippen molar-refractivity contribution in [3.63, 3.8) is 0 Å². The SMILES string of the molecule is CCCCCCCC(=O)C(CCCCCC)(C(N)=O)C(C)C. The molecule has 0 aliphatic heterocycles. The summed E-state index contributed by atoms with van der Waals surface area (Å²) in [6.45, 7) is 8.25. The number of nitrogens with two attached hydrogens (primary N) is 1. The molecule has 0 saturated heterocycles. The van der Waals surface area contributed by atoms with E-state index in [0.717, 1.165) is 38.5 Å². The fourth-order valence-corrected chi connectivity index (χ4v) is 3.24. The Balaban J connectivity index is 4.68. The lowest BCUT2D eigenvalue weighted by Crippen LogP contribution is -2.48. The van der Waals surface area contributed by atoms with Crippen molar-refractivity contribution in [3.8, 4) is 0 Å². The highest BCUT2D eigenvalue weighted by Gasteiger charge is 2.45. The molecule has 130 valence electrons. The molecule has 0 spiro atoms. The Labute approximate surface area is 137 Å². The van der Waals surface area contributed by atoms with Gasteiger partial charge >= 0.3 is 0 Å². The second-order valence-electron chi connectivity index (χ2n) is 6.89. The van der Waals surface area contributed by atoms with E-state index < -0.39 is 11.3 Å². The maximum atomic E-state index is 12.7. The van der Waals surface area contributed by atoms with Crippen LogP contribution in [0.3, 0.4) is 0 Å². The summed E-state index contributed by atoms with van der Waals surface area (Å²) in [5.41, 5.74) is 4.73. The molecule has 1 amide bonds. The van der Waals surface area contributed by atoms with Gasteiger partial charge in [0, 0.05) is 6.42 Å². The van der Waals surface area contributed by atoms with Gasteiger partial charge in [-0.25, -0.2) is 0 Å². The molecule has 0 aromatic carbocycles. The molecule has 0 radical (unpaired) electrons. The van der Waals surface area contributed by atoms with E-state index in [0.29, 0.717) is 12.8 Å². The van der Waals surface area contributed by atoms with Crippen LogP contribution in [-0.2, 0) is 9.59 Å². The van der Waals surface area contributed by atoms with E-state index in [4.69, 9.17) is 5.73 Å². The van der Waals surface area contributed by atoms with Crippen molar-refractivity contribution in [2.75, 3.05) is 0 Å². The number of primary amides is 1. The zero-order chi connectivity index (χ0) is 17.0. The zero-order valence-corrected chi connectivity index (χ0v) is 15.2. The summed E-state index contributed by atoms with van der Waals surface area (Å²) in [6.07, 6.45) is 10.9. The number of carbonyl (C=O) groups excluding carboxylic acids is 2. The Morgan fingerprint density at radius 1 is 0.864 bits per heavy atom. The minimum absolute atomic E-state index is 0.0187. The highest BCUT2D eigenvalue weighted by Crippen LogP contribution is 2.36. The Hall–Kier alpha value is -0.860. The summed E-state index contributed by atoms with van der Waals surface area (Å²) in [7, 11) is 0. The second-order valence-corrected chi connectivity index (χ2v) is 6.89. The largest absolute Gasteiger partial charge is 0.369 e. The van der Waals surface area contributed by atoms with Crippen LogP contribution >= 0.6 is 0 Å². The summed E-state index contributed by atoms with van der Waals surface area (Å²) >= 11 is 0. The topological polar surface area (TPSA) is 60.2 Å². The lowest BCUT2D eigenvalue weighted by atomic mass is 9.68. The molecule has 2 N–H and O–H groups in total. The molecule has 1 unspecified atom stereocenters. The van der Waals surface area contributed by atoms with Gasteiger partial charge in [0.25, 0.3) is 0 Å². The summed E-state index contributed by atoms with van der Waals surface area (Å²) in [5.74, 6) is -0.365. The predicted octanol–water partition coefficient (Wildman–Crippen LogP) is 5.01. The Morgan fingerprint density at radius 3 is 1.82 bits per heavy atom. The maximum absolute atomic E-state index is 12.7. The van der Waals surface area contributed by atoms with Gasteiger partial charge in [-0.3, -0.25) is 9.59 Å². The van der Waals surface area contributed by atoms with E-state index >= 15 is 0 Å². The van der Waals surface area contributed by atoms with Crippen molar-refractivity contribution >= 4 is 11.7 Å². The quantitative estimate of drug-likeness (QED) is 0.362. The summed E-state index contributed by atoms with van der Waals surface area (Å²) in [5, 5.41) is 0. The first kappa shape index (κ1) is 21.1. The smallest absolute Gasteiger partial charge is 0.231 e. The monoisotopic (exact) mass is 311 g/mol. The van der Waals surface area contributed by atoms with Gasteiger partial charge in [-0.1, -0.05) is 79.1 Å². The molecular formula is C19H37NO2. The number of rotatable bonds is 14. The average molecular weight is 312 g/mol. The first-order valence-corrected chi connectivity index (χ1v) is 9.26. The van der Waals surface area contributed by atoms with Crippen LogP contribution < -0.4 is 5.73 Å². The molecule has 22 heavy (non-hydrogen) atoms. The van der Waals surface area contributed by atoms with E-state index in [1.165, 1.54) is 19.3 Å². The van der Waals surface area contributed by atoms with Crippen LogP contribution in [0.4, 0.5) is 0 Å². The van der Waals surface area contributed by atoms with E-state index in [9.17, 15) is 9.59 Å². The molecule has 0 saturated carbocycles. The van der Waals surface area contributed by atoms with Gasteiger partial charge in [0.05, 0.1) is 0 Å². The van der Waals surface area contributed by atoms with Crippen LogP contribution in [0.25, 0.3) is 0 Å². The van der Waals surface area contributed by atoms with Gasteiger partial charge in [-0.2, -0.15) is 0 Å². The van der Waals surface area contributed by atoms with Crippen LogP contribution in [-0.4, -0.2) is 11.7 Å². The number of amides is 1. The third-order valence-electron chi connectivity index (χ3n) is 4.85. The average Bonchev–Trinajstić information content (AvgIpc) is 2.46. The predicted molar refractivity (Wildman–Crippen MR) is 93.6 cm³/mol. The second kappa shape index (κ2) is 11.7. The third-order valence-corrected chi connectivity index (χ3v) is 4.85. The fraction of sp³-hybridized carbons (Fsp3) is 0.895. The molecule has 0 fully saturated rings. The Bertz CT molecular complexity index is 325. The number of unbranched alkanes of at least 4 members (excludes halogenated alkanes) is 7. The van der Waals surface area contributed by atoms with Crippen LogP contribution in [0, 0.1) is 11.3 Å². The maximum Gasteiger partial charge on any atom is 0.231 e. The van der Waals surface area contributed by atoms with E-state index in [1.54, 1.807) is 0 Å². The molecule has 0 rings (SSSR count). The lowest BCUT2D eigenvalue weighted by Gasteiger charge is -2.33. The molecule has 0 aliphatic rings. The molecule has 3 heteroatoms. The Morgan fingerprint density at radius 2 is 1.36 bits per heavy atom. The van der Waals surface area contributed by atoms with Gasteiger partial charge < -0.3 is 5.73 Å². The van der Waals surface area contributed by atoms with Gasteiger partial charge in [-0.15, -0.1) is 0 Å². The van der Waals surface area contributed by atoms with Crippen molar-refractivity contribution in [3.05, 3.63) is 0 Å².